The second-order valence-corrected chi connectivity index (χ2v) is 7.33. The van der Waals surface area contributed by atoms with Gasteiger partial charge in [-0.1, -0.05) is 65.5 Å². The van der Waals surface area contributed by atoms with Crippen LogP contribution < -0.4 is 0 Å². The second-order valence-electron chi connectivity index (χ2n) is 7.33. The van der Waals surface area contributed by atoms with Gasteiger partial charge in [0.25, 0.3) is 0 Å². The minimum atomic E-state index is 0.362. The van der Waals surface area contributed by atoms with Gasteiger partial charge in [-0.25, -0.2) is 0 Å². The monoisotopic (exact) mass is 238 g/mol. The van der Waals surface area contributed by atoms with Crippen molar-refractivity contribution in [2.45, 2.75) is 87.0 Å². The lowest BCUT2D eigenvalue weighted by atomic mass is 9.76. The van der Waals surface area contributed by atoms with Crippen LogP contribution in [-0.2, 0) is 0 Å². The molecule has 0 aromatic heterocycles. The molecule has 0 rings (SSSR count). The Hall–Kier alpha value is -0.260. The molecule has 0 unspecified atom stereocenters. The van der Waals surface area contributed by atoms with E-state index in [-0.39, 0.29) is 0 Å². The van der Waals surface area contributed by atoms with Gasteiger partial charge in [-0.15, -0.1) is 0 Å². The predicted octanol–water partition coefficient (Wildman–Crippen LogP) is 6.37. The Kier molecular flexibility index (Phi) is 7.13. The van der Waals surface area contributed by atoms with Gasteiger partial charge < -0.3 is 0 Å². The molecule has 0 bridgehead atoms. The molecule has 0 heteroatoms. The van der Waals surface area contributed by atoms with Gasteiger partial charge in [0.1, 0.15) is 0 Å². The Morgan fingerprint density at radius 2 is 1.47 bits per heavy atom. The Bertz CT molecular complexity index is 226. The van der Waals surface area contributed by atoms with E-state index in [1.54, 1.807) is 0 Å². The van der Waals surface area contributed by atoms with Crippen molar-refractivity contribution in [1.29, 1.82) is 0 Å². The maximum atomic E-state index is 2.43. The quantitative estimate of drug-likeness (QED) is 0.340. The van der Waals surface area contributed by atoms with Crippen LogP contribution in [-0.4, -0.2) is 0 Å². The molecule has 0 N–H and O–H groups in total. The molecule has 0 aliphatic rings. The van der Waals surface area contributed by atoms with Crippen LogP contribution in [0.5, 0.6) is 0 Å². The van der Waals surface area contributed by atoms with Crippen LogP contribution in [0, 0.1) is 10.8 Å². The van der Waals surface area contributed by atoms with Gasteiger partial charge in [0.2, 0.25) is 0 Å². The van der Waals surface area contributed by atoms with Crippen LogP contribution in [0.2, 0.25) is 0 Å². The fraction of sp³-hybridized carbons (Fsp3) is 0.882. The van der Waals surface area contributed by atoms with E-state index in [1.165, 1.54) is 44.1 Å². The molecular weight excluding hydrogens is 204 g/mol. The zero-order valence-electron chi connectivity index (χ0n) is 13.3. The van der Waals surface area contributed by atoms with Gasteiger partial charge in [-0.3, -0.25) is 0 Å². The fourth-order valence-corrected chi connectivity index (χ4v) is 2.49. The summed E-state index contributed by atoms with van der Waals surface area (Å²) in [6.07, 6.45) is 10.6. The summed E-state index contributed by atoms with van der Waals surface area (Å²) in [6.45, 7) is 16.3. The summed E-state index contributed by atoms with van der Waals surface area (Å²) in [4.78, 5) is 0. The SMILES string of the molecule is CCCCCC(C)(C)CCC(C)(C)C=C(C)C. The van der Waals surface area contributed by atoms with Crippen LogP contribution in [0.4, 0.5) is 0 Å². The molecular formula is C17H34. The van der Waals surface area contributed by atoms with Crippen molar-refractivity contribution >= 4 is 0 Å². The van der Waals surface area contributed by atoms with Crippen LogP contribution in [0.15, 0.2) is 11.6 Å². The zero-order chi connectivity index (χ0) is 13.5. The van der Waals surface area contributed by atoms with Gasteiger partial charge in [-0.2, -0.15) is 0 Å². The number of allylic oxidation sites excluding steroid dienone is 2. The van der Waals surface area contributed by atoms with Crippen molar-refractivity contribution in [3.63, 3.8) is 0 Å². The summed E-state index contributed by atoms with van der Waals surface area (Å²) in [5, 5.41) is 0. The van der Waals surface area contributed by atoms with Crippen molar-refractivity contribution in [2.24, 2.45) is 10.8 Å². The standard InChI is InChI=1S/C17H34/c1-8-9-10-11-16(4,5)12-13-17(6,7)14-15(2)3/h14H,8-13H2,1-7H3. The lowest BCUT2D eigenvalue weighted by Gasteiger charge is -2.30. The van der Waals surface area contributed by atoms with Crippen LogP contribution >= 0.6 is 0 Å². The minimum absolute atomic E-state index is 0.362. The van der Waals surface area contributed by atoms with Gasteiger partial charge in [0, 0.05) is 0 Å². The van der Waals surface area contributed by atoms with Crippen molar-refractivity contribution in [3.05, 3.63) is 11.6 Å². The van der Waals surface area contributed by atoms with E-state index >= 15 is 0 Å². The minimum Gasteiger partial charge on any atom is -0.0802 e. The molecule has 0 nitrogen and oxygen atoms in total. The topological polar surface area (TPSA) is 0 Å². The third-order valence-electron chi connectivity index (χ3n) is 3.58. The molecule has 0 heterocycles. The van der Waals surface area contributed by atoms with Crippen molar-refractivity contribution in [3.8, 4) is 0 Å². The van der Waals surface area contributed by atoms with E-state index in [0.717, 1.165) is 0 Å². The molecule has 0 aliphatic carbocycles. The highest BCUT2D eigenvalue weighted by Crippen LogP contribution is 2.35. The normalized spacial score (nSPS) is 12.6. The zero-order valence-corrected chi connectivity index (χ0v) is 13.3. The summed E-state index contributed by atoms with van der Waals surface area (Å²) in [5.74, 6) is 0. The first-order valence-electron chi connectivity index (χ1n) is 7.35. The fourth-order valence-electron chi connectivity index (χ4n) is 2.49. The van der Waals surface area contributed by atoms with Crippen LogP contribution in [0.1, 0.15) is 87.0 Å². The highest BCUT2D eigenvalue weighted by molar-refractivity contribution is 5.02. The second kappa shape index (κ2) is 7.24. The highest BCUT2D eigenvalue weighted by Gasteiger charge is 2.22. The molecule has 0 aromatic rings. The largest absolute Gasteiger partial charge is 0.0802 e. The Morgan fingerprint density at radius 1 is 0.882 bits per heavy atom. The molecule has 0 atom stereocenters. The molecule has 0 saturated carbocycles. The molecule has 0 saturated heterocycles. The average molecular weight is 238 g/mol. The molecule has 17 heavy (non-hydrogen) atoms. The van der Waals surface area contributed by atoms with E-state index in [0.29, 0.717) is 10.8 Å². The predicted molar refractivity (Wildman–Crippen MR) is 80.4 cm³/mol. The molecule has 0 spiro atoms. The van der Waals surface area contributed by atoms with Gasteiger partial charge >= 0.3 is 0 Å². The molecule has 0 amide bonds. The third-order valence-corrected chi connectivity index (χ3v) is 3.58. The van der Waals surface area contributed by atoms with E-state index in [9.17, 15) is 0 Å². The third kappa shape index (κ3) is 9.44. The maximum absolute atomic E-state index is 2.43. The number of hydrogen-bond acceptors (Lipinski definition) is 0. The lowest BCUT2D eigenvalue weighted by Crippen LogP contribution is -2.17. The lowest BCUT2D eigenvalue weighted by molar-refractivity contribution is 0.249. The Morgan fingerprint density at radius 3 is 1.94 bits per heavy atom. The van der Waals surface area contributed by atoms with Crippen LogP contribution in [0.3, 0.4) is 0 Å². The first kappa shape index (κ1) is 16.7. The van der Waals surface area contributed by atoms with E-state index in [4.69, 9.17) is 0 Å². The summed E-state index contributed by atoms with van der Waals surface area (Å²) < 4.78 is 0. The summed E-state index contributed by atoms with van der Waals surface area (Å²) in [7, 11) is 0. The molecule has 0 fully saturated rings. The maximum Gasteiger partial charge on any atom is -0.0172 e. The van der Waals surface area contributed by atoms with Gasteiger partial charge in [0.05, 0.1) is 0 Å². The van der Waals surface area contributed by atoms with Crippen molar-refractivity contribution < 1.29 is 0 Å². The number of unbranched alkanes of at least 4 members (excludes halogenated alkanes) is 2. The highest BCUT2D eigenvalue weighted by atomic mass is 14.3. The molecule has 0 radical (unpaired) electrons. The van der Waals surface area contributed by atoms with Gasteiger partial charge in [-0.05, 0) is 43.9 Å². The molecule has 0 aliphatic heterocycles. The average Bonchev–Trinajstić information content (AvgIpc) is 2.14. The van der Waals surface area contributed by atoms with E-state index in [2.05, 4.69) is 54.5 Å². The van der Waals surface area contributed by atoms with Gasteiger partial charge in [0.15, 0.2) is 0 Å². The summed E-state index contributed by atoms with van der Waals surface area (Å²) in [5.41, 5.74) is 2.32. The smallest absolute Gasteiger partial charge is 0.0172 e. The van der Waals surface area contributed by atoms with Crippen molar-refractivity contribution in [1.82, 2.24) is 0 Å². The molecule has 0 aromatic carbocycles. The first-order chi connectivity index (χ1) is 7.68. The van der Waals surface area contributed by atoms with Crippen molar-refractivity contribution in [2.75, 3.05) is 0 Å². The van der Waals surface area contributed by atoms with Crippen LogP contribution in [0.25, 0.3) is 0 Å². The van der Waals surface area contributed by atoms with E-state index < -0.39 is 0 Å². The number of hydrogen-bond donors (Lipinski definition) is 0. The summed E-state index contributed by atoms with van der Waals surface area (Å²) >= 11 is 0. The Balaban J connectivity index is 4.11. The summed E-state index contributed by atoms with van der Waals surface area (Å²) in [6, 6.07) is 0. The van der Waals surface area contributed by atoms with E-state index in [1.807, 2.05) is 0 Å². The first-order valence-corrected chi connectivity index (χ1v) is 7.35. The molecule has 102 valence electrons. The Labute approximate surface area is 110 Å². The number of rotatable bonds is 8.